The molecule has 2 aromatic rings. The molecule has 0 aromatic carbocycles. The molecule has 116 valence electrons. The number of aryl methyl sites for hydroxylation is 2. The lowest BCUT2D eigenvalue weighted by molar-refractivity contribution is -0.134. The molecule has 0 bridgehead atoms. The van der Waals surface area contributed by atoms with E-state index in [4.69, 9.17) is 0 Å². The van der Waals surface area contributed by atoms with Gasteiger partial charge in [-0.2, -0.15) is 0 Å². The molecule has 0 radical (unpaired) electrons. The molecule has 1 fully saturated rings. The van der Waals surface area contributed by atoms with Crippen molar-refractivity contribution in [1.82, 2.24) is 19.2 Å². The Morgan fingerprint density at radius 3 is 2.68 bits per heavy atom. The summed E-state index contributed by atoms with van der Waals surface area (Å²) in [4.78, 5) is 31.3. The van der Waals surface area contributed by atoms with Gasteiger partial charge in [0.2, 0.25) is 12.3 Å². The Balaban J connectivity index is 1.79. The monoisotopic (exact) mass is 300 g/mol. The van der Waals surface area contributed by atoms with Gasteiger partial charge < -0.3 is 14.2 Å². The Morgan fingerprint density at radius 2 is 2.00 bits per heavy atom. The first-order chi connectivity index (χ1) is 10.6. The molecule has 0 atom stereocenters. The summed E-state index contributed by atoms with van der Waals surface area (Å²) in [5, 5.41) is 0. The molecule has 2 amide bonds. The van der Waals surface area contributed by atoms with Gasteiger partial charge in [0.05, 0.1) is 17.8 Å². The van der Waals surface area contributed by atoms with Crippen molar-refractivity contribution in [3.8, 4) is 0 Å². The number of carbonyl (C=O) groups is 2. The maximum atomic E-state index is 12.5. The summed E-state index contributed by atoms with van der Waals surface area (Å²) in [7, 11) is 0. The Morgan fingerprint density at radius 1 is 1.27 bits per heavy atom. The van der Waals surface area contributed by atoms with Gasteiger partial charge >= 0.3 is 0 Å². The fraction of sp³-hybridized carbons (Fsp3) is 0.438. The molecule has 1 aliphatic heterocycles. The van der Waals surface area contributed by atoms with E-state index in [9.17, 15) is 9.59 Å². The van der Waals surface area contributed by atoms with Crippen LogP contribution >= 0.6 is 0 Å². The molecule has 3 heterocycles. The summed E-state index contributed by atoms with van der Waals surface area (Å²) in [6.45, 7) is 6.39. The third-order valence-corrected chi connectivity index (χ3v) is 4.28. The van der Waals surface area contributed by atoms with E-state index in [1.165, 1.54) is 0 Å². The van der Waals surface area contributed by atoms with Crippen LogP contribution < -0.4 is 0 Å². The molecule has 1 saturated heterocycles. The molecule has 0 N–H and O–H groups in total. The smallest absolute Gasteiger partial charge is 0.228 e. The molecule has 0 saturated carbocycles. The first kappa shape index (κ1) is 14.6. The number of rotatable bonds is 3. The highest BCUT2D eigenvalue weighted by Gasteiger charge is 2.22. The molecule has 2 aromatic heterocycles. The number of amides is 2. The van der Waals surface area contributed by atoms with Gasteiger partial charge in [-0.05, 0) is 25.5 Å². The first-order valence-corrected chi connectivity index (χ1v) is 7.50. The maximum absolute atomic E-state index is 12.5. The fourth-order valence-electron chi connectivity index (χ4n) is 2.91. The third kappa shape index (κ3) is 2.56. The lowest BCUT2D eigenvalue weighted by Gasteiger charge is -2.32. The zero-order valence-corrected chi connectivity index (χ0v) is 13.0. The van der Waals surface area contributed by atoms with Crippen LogP contribution in [0, 0.1) is 13.8 Å². The lowest BCUT2D eigenvalue weighted by Crippen LogP contribution is -2.48. The highest BCUT2D eigenvalue weighted by atomic mass is 16.2. The fourth-order valence-corrected chi connectivity index (χ4v) is 2.91. The summed E-state index contributed by atoms with van der Waals surface area (Å²) < 4.78 is 2.00. The van der Waals surface area contributed by atoms with Crippen molar-refractivity contribution in [1.29, 1.82) is 0 Å². The molecular weight excluding hydrogens is 280 g/mol. The zero-order valence-electron chi connectivity index (χ0n) is 13.0. The Kier molecular flexibility index (Phi) is 3.83. The number of aromatic nitrogens is 2. The third-order valence-electron chi connectivity index (χ3n) is 4.28. The SMILES string of the molecule is Cc1nc2c(C)cccn2c1CC(=O)N1CCN(C=O)CC1. The van der Waals surface area contributed by atoms with Crippen LogP contribution in [0.25, 0.3) is 5.65 Å². The lowest BCUT2D eigenvalue weighted by atomic mass is 10.2. The van der Waals surface area contributed by atoms with Crippen LogP contribution in [0.2, 0.25) is 0 Å². The Bertz CT molecular complexity index is 714. The van der Waals surface area contributed by atoms with Crippen LogP contribution in [0.5, 0.6) is 0 Å². The van der Waals surface area contributed by atoms with Crippen molar-refractivity contribution in [2.24, 2.45) is 0 Å². The van der Waals surface area contributed by atoms with Crippen molar-refractivity contribution < 1.29 is 9.59 Å². The quantitative estimate of drug-likeness (QED) is 0.788. The van der Waals surface area contributed by atoms with Gasteiger partial charge in [0.15, 0.2) is 0 Å². The minimum atomic E-state index is 0.0944. The second-order valence-corrected chi connectivity index (χ2v) is 5.73. The highest BCUT2D eigenvalue weighted by Crippen LogP contribution is 2.16. The highest BCUT2D eigenvalue weighted by molar-refractivity contribution is 5.79. The second-order valence-electron chi connectivity index (χ2n) is 5.73. The summed E-state index contributed by atoms with van der Waals surface area (Å²) in [5.74, 6) is 0.0944. The number of pyridine rings is 1. The van der Waals surface area contributed by atoms with Gasteiger partial charge in [0.1, 0.15) is 5.65 Å². The molecule has 1 aliphatic rings. The summed E-state index contributed by atoms with van der Waals surface area (Å²) in [5.41, 5.74) is 3.85. The average Bonchev–Trinajstić information content (AvgIpc) is 2.85. The van der Waals surface area contributed by atoms with Crippen molar-refractivity contribution in [2.75, 3.05) is 26.2 Å². The molecule has 3 rings (SSSR count). The van der Waals surface area contributed by atoms with Crippen LogP contribution in [0.15, 0.2) is 18.3 Å². The number of hydrogen-bond acceptors (Lipinski definition) is 3. The zero-order chi connectivity index (χ0) is 15.7. The van der Waals surface area contributed by atoms with Crippen LogP contribution in [0.4, 0.5) is 0 Å². The van der Waals surface area contributed by atoms with Crippen molar-refractivity contribution in [2.45, 2.75) is 20.3 Å². The minimum Gasteiger partial charge on any atom is -0.342 e. The van der Waals surface area contributed by atoms with Gasteiger partial charge in [-0.3, -0.25) is 9.59 Å². The first-order valence-electron chi connectivity index (χ1n) is 7.50. The van der Waals surface area contributed by atoms with Gasteiger partial charge in [-0.1, -0.05) is 6.07 Å². The number of carbonyl (C=O) groups excluding carboxylic acids is 2. The number of imidazole rings is 1. The van der Waals surface area contributed by atoms with E-state index in [0.717, 1.165) is 29.0 Å². The van der Waals surface area contributed by atoms with Crippen LogP contribution in [0.1, 0.15) is 17.0 Å². The molecule has 6 nitrogen and oxygen atoms in total. The van der Waals surface area contributed by atoms with E-state index in [2.05, 4.69) is 4.98 Å². The van der Waals surface area contributed by atoms with Crippen LogP contribution in [-0.2, 0) is 16.0 Å². The van der Waals surface area contributed by atoms with Crippen molar-refractivity contribution in [3.63, 3.8) is 0 Å². The summed E-state index contributed by atoms with van der Waals surface area (Å²) >= 11 is 0. The molecule has 0 unspecified atom stereocenters. The summed E-state index contributed by atoms with van der Waals surface area (Å²) in [6.07, 6.45) is 3.14. The molecular formula is C16H20N4O2. The second kappa shape index (κ2) is 5.79. The van der Waals surface area contributed by atoms with Gasteiger partial charge in [0, 0.05) is 32.4 Å². The van der Waals surface area contributed by atoms with Crippen molar-refractivity contribution in [3.05, 3.63) is 35.3 Å². The average molecular weight is 300 g/mol. The number of hydrogen-bond donors (Lipinski definition) is 0. The van der Waals surface area contributed by atoms with E-state index in [0.29, 0.717) is 32.6 Å². The molecule has 0 spiro atoms. The normalized spacial score (nSPS) is 15.4. The van der Waals surface area contributed by atoms with Crippen LogP contribution in [0.3, 0.4) is 0 Å². The maximum Gasteiger partial charge on any atom is 0.228 e. The number of piperazine rings is 1. The van der Waals surface area contributed by atoms with Gasteiger partial charge in [-0.15, -0.1) is 0 Å². The largest absolute Gasteiger partial charge is 0.342 e. The van der Waals surface area contributed by atoms with E-state index in [1.54, 1.807) is 4.90 Å². The number of nitrogens with zero attached hydrogens (tertiary/aromatic N) is 4. The minimum absolute atomic E-state index is 0.0944. The topological polar surface area (TPSA) is 57.9 Å². The van der Waals surface area contributed by atoms with E-state index in [-0.39, 0.29) is 5.91 Å². The predicted octanol–water partition coefficient (Wildman–Crippen LogP) is 0.794. The Labute approximate surface area is 129 Å². The summed E-state index contributed by atoms with van der Waals surface area (Å²) in [6, 6.07) is 3.99. The predicted molar refractivity (Wildman–Crippen MR) is 82.6 cm³/mol. The van der Waals surface area contributed by atoms with Crippen LogP contribution in [-0.4, -0.2) is 57.7 Å². The molecule has 6 heteroatoms. The van der Waals surface area contributed by atoms with E-state index < -0.39 is 0 Å². The van der Waals surface area contributed by atoms with Gasteiger partial charge in [0.25, 0.3) is 0 Å². The van der Waals surface area contributed by atoms with Crippen molar-refractivity contribution >= 4 is 18.0 Å². The number of fused-ring (bicyclic) bond motifs is 1. The standard InChI is InChI=1S/C16H20N4O2/c1-12-4-3-5-20-14(13(2)17-16(12)20)10-15(22)19-8-6-18(11-21)7-9-19/h3-5,11H,6-10H2,1-2H3. The van der Waals surface area contributed by atoms with E-state index >= 15 is 0 Å². The van der Waals surface area contributed by atoms with Gasteiger partial charge in [-0.25, -0.2) is 4.98 Å². The molecule has 0 aliphatic carbocycles. The van der Waals surface area contributed by atoms with E-state index in [1.807, 2.05) is 41.5 Å². The molecule has 22 heavy (non-hydrogen) atoms. The Hall–Kier alpha value is -2.37.